The lowest BCUT2D eigenvalue weighted by Crippen LogP contribution is -2.08. The molecule has 0 aliphatic carbocycles. The van der Waals surface area contributed by atoms with Crippen molar-refractivity contribution in [2.45, 2.75) is 6.42 Å². The van der Waals surface area contributed by atoms with Gasteiger partial charge in [0.2, 0.25) is 0 Å². The molecule has 0 aromatic heterocycles. The fourth-order valence-corrected chi connectivity index (χ4v) is 1.39. The van der Waals surface area contributed by atoms with Gasteiger partial charge in [0.1, 0.15) is 5.75 Å². The van der Waals surface area contributed by atoms with E-state index in [0.29, 0.717) is 13.0 Å². The molecule has 0 radical (unpaired) electrons. The van der Waals surface area contributed by atoms with Crippen LogP contribution in [0.15, 0.2) is 18.2 Å². The number of hydrogen-bond acceptors (Lipinski definition) is 4. The summed E-state index contributed by atoms with van der Waals surface area (Å²) in [6, 6.07) is 5.62. The van der Waals surface area contributed by atoms with E-state index in [-0.39, 0.29) is 13.2 Å². The Bertz CT molecular complexity index is 302. The summed E-state index contributed by atoms with van der Waals surface area (Å²) < 4.78 is 5.10. The van der Waals surface area contributed by atoms with Gasteiger partial charge in [-0.25, -0.2) is 0 Å². The number of hydrogen-bond donors (Lipinski definition) is 3. The summed E-state index contributed by atoms with van der Waals surface area (Å²) >= 11 is 0. The zero-order valence-electron chi connectivity index (χ0n) is 8.86. The Morgan fingerprint density at radius 3 is 2.67 bits per heavy atom. The van der Waals surface area contributed by atoms with Gasteiger partial charge in [0, 0.05) is 18.8 Å². The maximum atomic E-state index is 8.92. The van der Waals surface area contributed by atoms with Crippen LogP contribution in [0.4, 0.5) is 5.69 Å². The third-order valence-electron chi connectivity index (χ3n) is 2.12. The average Bonchev–Trinajstić information content (AvgIpc) is 2.27. The summed E-state index contributed by atoms with van der Waals surface area (Å²) in [5, 5.41) is 20.7. The van der Waals surface area contributed by atoms with Crippen LogP contribution in [0.5, 0.6) is 5.75 Å². The van der Waals surface area contributed by atoms with Gasteiger partial charge in [-0.15, -0.1) is 0 Å². The minimum absolute atomic E-state index is 0.0879. The lowest BCUT2D eigenvalue weighted by Gasteiger charge is -2.11. The van der Waals surface area contributed by atoms with Crippen LogP contribution in [0.2, 0.25) is 0 Å². The van der Waals surface area contributed by atoms with E-state index < -0.39 is 0 Å². The third kappa shape index (κ3) is 3.42. The van der Waals surface area contributed by atoms with Crippen LogP contribution in [-0.2, 0) is 6.42 Å². The van der Waals surface area contributed by atoms with Crippen molar-refractivity contribution in [1.29, 1.82) is 0 Å². The molecule has 0 spiro atoms. The molecular formula is C11H17NO3. The summed E-state index contributed by atoms with van der Waals surface area (Å²) in [5.74, 6) is 0.771. The largest absolute Gasteiger partial charge is 0.497 e. The van der Waals surface area contributed by atoms with Crippen molar-refractivity contribution >= 4 is 5.69 Å². The predicted octanol–water partition coefficient (Wildman–Crippen LogP) is 0.634. The van der Waals surface area contributed by atoms with Gasteiger partial charge < -0.3 is 20.3 Å². The van der Waals surface area contributed by atoms with Crippen molar-refractivity contribution in [1.82, 2.24) is 0 Å². The molecule has 1 aromatic carbocycles. The topological polar surface area (TPSA) is 61.7 Å². The SMILES string of the molecule is COc1ccc(NCCO)c(CCO)c1. The highest BCUT2D eigenvalue weighted by atomic mass is 16.5. The number of benzene rings is 1. The Labute approximate surface area is 89.5 Å². The van der Waals surface area contributed by atoms with Gasteiger partial charge in [-0.1, -0.05) is 0 Å². The van der Waals surface area contributed by atoms with Crippen molar-refractivity contribution in [2.24, 2.45) is 0 Å². The van der Waals surface area contributed by atoms with Crippen molar-refractivity contribution < 1.29 is 14.9 Å². The highest BCUT2D eigenvalue weighted by Crippen LogP contribution is 2.22. The predicted molar refractivity (Wildman–Crippen MR) is 59.4 cm³/mol. The summed E-state index contributed by atoms with van der Waals surface area (Å²) in [7, 11) is 1.61. The first-order valence-electron chi connectivity index (χ1n) is 4.94. The van der Waals surface area contributed by atoms with Crippen LogP contribution in [0.25, 0.3) is 0 Å². The molecule has 0 aliphatic rings. The lowest BCUT2D eigenvalue weighted by molar-refractivity contribution is 0.299. The second-order valence-electron chi connectivity index (χ2n) is 3.15. The molecule has 1 rings (SSSR count). The number of aliphatic hydroxyl groups excluding tert-OH is 2. The van der Waals surface area contributed by atoms with E-state index in [4.69, 9.17) is 14.9 Å². The Morgan fingerprint density at radius 2 is 2.07 bits per heavy atom. The molecule has 84 valence electrons. The second-order valence-corrected chi connectivity index (χ2v) is 3.15. The maximum Gasteiger partial charge on any atom is 0.119 e. The molecule has 3 N–H and O–H groups in total. The molecule has 0 fully saturated rings. The zero-order chi connectivity index (χ0) is 11.1. The first kappa shape index (κ1) is 11.8. The third-order valence-corrected chi connectivity index (χ3v) is 2.12. The van der Waals surface area contributed by atoms with E-state index in [1.165, 1.54) is 0 Å². The van der Waals surface area contributed by atoms with Crippen LogP contribution in [-0.4, -0.2) is 37.1 Å². The van der Waals surface area contributed by atoms with Crippen molar-refractivity contribution in [3.63, 3.8) is 0 Å². The van der Waals surface area contributed by atoms with E-state index in [1.54, 1.807) is 7.11 Å². The fourth-order valence-electron chi connectivity index (χ4n) is 1.39. The quantitative estimate of drug-likeness (QED) is 0.646. The number of ether oxygens (including phenoxy) is 1. The first-order chi connectivity index (χ1) is 7.31. The summed E-state index contributed by atoms with van der Waals surface area (Å²) in [6.07, 6.45) is 0.574. The van der Waals surface area contributed by atoms with E-state index >= 15 is 0 Å². The van der Waals surface area contributed by atoms with Gasteiger partial charge in [0.05, 0.1) is 13.7 Å². The molecule has 0 atom stereocenters. The summed E-state index contributed by atoms with van der Waals surface area (Å²) in [4.78, 5) is 0. The normalized spacial score (nSPS) is 10.1. The van der Waals surface area contributed by atoms with E-state index in [2.05, 4.69) is 5.32 Å². The number of methoxy groups -OCH3 is 1. The van der Waals surface area contributed by atoms with Gasteiger partial charge >= 0.3 is 0 Å². The van der Waals surface area contributed by atoms with Crippen LogP contribution >= 0.6 is 0 Å². The molecule has 0 amide bonds. The lowest BCUT2D eigenvalue weighted by atomic mass is 10.1. The van der Waals surface area contributed by atoms with Gasteiger partial charge in [-0.3, -0.25) is 0 Å². The van der Waals surface area contributed by atoms with Crippen LogP contribution in [0.1, 0.15) is 5.56 Å². The van der Waals surface area contributed by atoms with Crippen LogP contribution < -0.4 is 10.1 Å². The number of anilines is 1. The molecule has 4 heteroatoms. The smallest absolute Gasteiger partial charge is 0.119 e. The Kier molecular flexibility index (Phi) is 4.93. The first-order valence-corrected chi connectivity index (χ1v) is 4.94. The average molecular weight is 211 g/mol. The van der Waals surface area contributed by atoms with E-state index in [0.717, 1.165) is 17.0 Å². The molecule has 0 aliphatic heterocycles. The summed E-state index contributed by atoms with van der Waals surface area (Å²) in [6.45, 7) is 0.691. The van der Waals surface area contributed by atoms with Gasteiger partial charge in [-0.2, -0.15) is 0 Å². The molecule has 0 heterocycles. The maximum absolute atomic E-state index is 8.92. The molecular weight excluding hydrogens is 194 g/mol. The fraction of sp³-hybridized carbons (Fsp3) is 0.455. The van der Waals surface area contributed by atoms with Crippen molar-refractivity contribution in [3.05, 3.63) is 23.8 Å². The number of rotatable bonds is 6. The molecule has 0 unspecified atom stereocenters. The van der Waals surface area contributed by atoms with Gasteiger partial charge in [-0.05, 0) is 30.2 Å². The van der Waals surface area contributed by atoms with Crippen LogP contribution in [0.3, 0.4) is 0 Å². The number of aliphatic hydroxyl groups is 2. The highest BCUT2D eigenvalue weighted by Gasteiger charge is 2.03. The minimum Gasteiger partial charge on any atom is -0.497 e. The molecule has 15 heavy (non-hydrogen) atoms. The number of nitrogens with one attached hydrogen (secondary N) is 1. The Hall–Kier alpha value is -1.26. The summed E-state index contributed by atoms with van der Waals surface area (Å²) in [5.41, 5.74) is 1.92. The molecule has 1 aromatic rings. The standard InChI is InChI=1S/C11H17NO3/c1-15-10-2-3-11(12-5-7-14)9(8-10)4-6-13/h2-3,8,12-14H,4-7H2,1H3. The minimum atomic E-state index is 0.0879. The zero-order valence-corrected chi connectivity index (χ0v) is 8.86. The Balaban J connectivity index is 2.82. The van der Waals surface area contributed by atoms with Crippen LogP contribution in [0, 0.1) is 0 Å². The molecule has 0 bridgehead atoms. The Morgan fingerprint density at radius 1 is 1.27 bits per heavy atom. The van der Waals surface area contributed by atoms with E-state index in [9.17, 15) is 0 Å². The van der Waals surface area contributed by atoms with Gasteiger partial charge in [0.25, 0.3) is 0 Å². The highest BCUT2D eigenvalue weighted by molar-refractivity contribution is 5.54. The molecule has 0 saturated carbocycles. The van der Waals surface area contributed by atoms with E-state index in [1.807, 2.05) is 18.2 Å². The van der Waals surface area contributed by atoms with Gasteiger partial charge in [0.15, 0.2) is 0 Å². The monoisotopic (exact) mass is 211 g/mol. The van der Waals surface area contributed by atoms with Crippen molar-refractivity contribution in [3.8, 4) is 5.75 Å². The second kappa shape index (κ2) is 6.27. The molecule has 4 nitrogen and oxygen atoms in total. The molecule has 0 saturated heterocycles. The van der Waals surface area contributed by atoms with Crippen molar-refractivity contribution in [2.75, 3.05) is 32.2 Å².